The number of amides is 1. The molecule has 2 aromatic carbocycles. The smallest absolute Gasteiger partial charge is 0.227 e. The Hall–Kier alpha value is -3.14. The van der Waals surface area contributed by atoms with Gasteiger partial charge in [0.05, 0.1) is 25.3 Å². The molecular weight excluding hydrogens is 360 g/mol. The zero-order valence-corrected chi connectivity index (χ0v) is 16.8. The van der Waals surface area contributed by atoms with Crippen molar-refractivity contribution in [3.63, 3.8) is 0 Å². The highest BCUT2D eigenvalue weighted by Gasteiger charge is 2.30. The first-order valence-corrected chi connectivity index (χ1v) is 10.1. The van der Waals surface area contributed by atoms with Crippen molar-refractivity contribution in [1.82, 2.24) is 9.88 Å². The molecule has 4 rings (SSSR count). The summed E-state index contributed by atoms with van der Waals surface area (Å²) in [6.45, 7) is 0.796. The lowest BCUT2D eigenvalue weighted by atomic mass is 10.1. The molecule has 2 heterocycles. The molecule has 1 aromatic heterocycles. The number of carbonyl (C=O) groups is 1. The lowest BCUT2D eigenvalue weighted by Gasteiger charge is -2.25. The highest BCUT2D eigenvalue weighted by molar-refractivity contribution is 5.79. The lowest BCUT2D eigenvalue weighted by molar-refractivity contribution is -0.131. The van der Waals surface area contributed by atoms with Crippen LogP contribution in [0.3, 0.4) is 0 Å². The van der Waals surface area contributed by atoms with Gasteiger partial charge in [-0.15, -0.1) is 0 Å². The van der Waals surface area contributed by atoms with Crippen molar-refractivity contribution < 1.29 is 9.53 Å². The number of carbonyl (C=O) groups excluding carboxylic acids is 1. The van der Waals surface area contributed by atoms with Gasteiger partial charge in [-0.3, -0.25) is 9.78 Å². The second-order valence-corrected chi connectivity index (χ2v) is 7.49. The summed E-state index contributed by atoms with van der Waals surface area (Å²) in [4.78, 5) is 19.9. The molecule has 1 aliphatic rings. The third kappa shape index (κ3) is 4.65. The molecule has 1 amide bonds. The number of nitrogens with zero attached hydrogens (tertiary/aromatic N) is 2. The number of aromatic nitrogens is 1. The number of benzene rings is 2. The van der Waals surface area contributed by atoms with Crippen LogP contribution in [0.2, 0.25) is 0 Å². The van der Waals surface area contributed by atoms with Crippen LogP contribution in [-0.4, -0.2) is 29.4 Å². The van der Waals surface area contributed by atoms with Gasteiger partial charge in [-0.05, 0) is 48.2 Å². The molecule has 1 fully saturated rings. The summed E-state index contributed by atoms with van der Waals surface area (Å²) in [5.74, 6) is 0.965. The molecule has 0 N–H and O–H groups in total. The minimum Gasteiger partial charge on any atom is -0.497 e. The molecule has 0 unspecified atom stereocenters. The fourth-order valence-electron chi connectivity index (χ4n) is 3.98. The summed E-state index contributed by atoms with van der Waals surface area (Å²) in [7, 11) is 1.65. The summed E-state index contributed by atoms with van der Waals surface area (Å²) in [6.07, 6.45) is 3.20. The van der Waals surface area contributed by atoms with Gasteiger partial charge in [-0.1, -0.05) is 48.5 Å². The van der Waals surface area contributed by atoms with Gasteiger partial charge in [0.1, 0.15) is 5.75 Å². The van der Waals surface area contributed by atoms with Crippen LogP contribution < -0.4 is 4.74 Å². The fraction of sp³-hybridized carbons (Fsp3) is 0.280. The van der Waals surface area contributed by atoms with Gasteiger partial charge < -0.3 is 9.64 Å². The number of rotatable bonds is 6. The minimum absolute atomic E-state index is 0.0662. The van der Waals surface area contributed by atoms with Crippen LogP contribution in [0.25, 0.3) is 0 Å². The molecular formula is C25H26N2O2. The van der Waals surface area contributed by atoms with E-state index in [4.69, 9.17) is 9.72 Å². The van der Waals surface area contributed by atoms with Crippen LogP contribution >= 0.6 is 0 Å². The Bertz CT molecular complexity index is 954. The summed E-state index contributed by atoms with van der Waals surface area (Å²) in [5.41, 5.74) is 4.30. The predicted molar refractivity (Wildman–Crippen MR) is 114 cm³/mol. The average Bonchev–Trinajstić information content (AvgIpc) is 3.25. The third-order valence-electron chi connectivity index (χ3n) is 5.49. The van der Waals surface area contributed by atoms with E-state index in [2.05, 4.69) is 42.5 Å². The number of hydrogen-bond donors (Lipinski definition) is 0. The molecule has 1 aliphatic heterocycles. The maximum absolute atomic E-state index is 13.0. The topological polar surface area (TPSA) is 42.4 Å². The lowest BCUT2D eigenvalue weighted by Crippen LogP contribution is -2.32. The Kier molecular flexibility index (Phi) is 5.89. The SMILES string of the molecule is COc1ccc(CC(=O)N2CCC[C@@H]2c2cccc(Cc3ccccc3)n2)cc1. The van der Waals surface area contributed by atoms with E-state index in [0.717, 1.165) is 48.5 Å². The molecule has 0 aliphatic carbocycles. The van der Waals surface area contributed by atoms with Crippen molar-refractivity contribution >= 4 is 5.91 Å². The first-order valence-electron chi connectivity index (χ1n) is 10.1. The number of ether oxygens (including phenoxy) is 1. The van der Waals surface area contributed by atoms with E-state index in [9.17, 15) is 4.79 Å². The van der Waals surface area contributed by atoms with Crippen LogP contribution in [0.4, 0.5) is 0 Å². The molecule has 1 saturated heterocycles. The Morgan fingerprint density at radius 3 is 2.55 bits per heavy atom. The maximum Gasteiger partial charge on any atom is 0.227 e. The second kappa shape index (κ2) is 8.91. The van der Waals surface area contributed by atoms with Crippen LogP contribution in [0, 0.1) is 0 Å². The van der Waals surface area contributed by atoms with Gasteiger partial charge in [-0.25, -0.2) is 0 Å². The Labute approximate surface area is 172 Å². The Morgan fingerprint density at radius 1 is 1.00 bits per heavy atom. The average molecular weight is 386 g/mol. The molecule has 0 saturated carbocycles. The van der Waals surface area contributed by atoms with Gasteiger partial charge >= 0.3 is 0 Å². The van der Waals surface area contributed by atoms with E-state index in [1.54, 1.807) is 7.11 Å². The number of pyridine rings is 1. The summed E-state index contributed by atoms with van der Waals surface area (Å²) < 4.78 is 5.20. The van der Waals surface area contributed by atoms with E-state index in [1.807, 2.05) is 35.2 Å². The number of hydrogen-bond acceptors (Lipinski definition) is 3. The van der Waals surface area contributed by atoms with Gasteiger partial charge in [0.2, 0.25) is 5.91 Å². The van der Waals surface area contributed by atoms with E-state index in [0.29, 0.717) is 6.42 Å². The molecule has 148 valence electrons. The monoisotopic (exact) mass is 386 g/mol. The Morgan fingerprint density at radius 2 is 1.79 bits per heavy atom. The molecule has 3 aromatic rings. The van der Waals surface area contributed by atoms with E-state index >= 15 is 0 Å². The molecule has 0 radical (unpaired) electrons. The van der Waals surface area contributed by atoms with Gasteiger partial charge in [0, 0.05) is 18.7 Å². The van der Waals surface area contributed by atoms with Crippen molar-refractivity contribution in [2.75, 3.05) is 13.7 Å². The first kappa shape index (κ1) is 19.2. The fourth-order valence-corrected chi connectivity index (χ4v) is 3.98. The first-order chi connectivity index (χ1) is 14.2. The standard InChI is InChI=1S/C25H26N2O2/c1-29-22-14-12-20(13-15-22)18-25(28)27-16-6-11-24(27)23-10-5-9-21(26-23)17-19-7-3-2-4-8-19/h2-5,7-10,12-15,24H,6,11,16-18H2,1H3/t24-/m1/s1. The highest BCUT2D eigenvalue weighted by atomic mass is 16.5. The largest absolute Gasteiger partial charge is 0.497 e. The van der Waals surface area contributed by atoms with Crippen molar-refractivity contribution in [2.45, 2.75) is 31.7 Å². The maximum atomic E-state index is 13.0. The zero-order valence-electron chi connectivity index (χ0n) is 16.8. The Balaban J connectivity index is 1.47. The molecule has 0 bridgehead atoms. The van der Waals surface area contributed by atoms with Crippen LogP contribution in [-0.2, 0) is 17.6 Å². The second-order valence-electron chi connectivity index (χ2n) is 7.49. The van der Waals surface area contributed by atoms with E-state index in [1.165, 1.54) is 5.56 Å². The zero-order chi connectivity index (χ0) is 20.1. The third-order valence-corrected chi connectivity index (χ3v) is 5.49. The molecule has 1 atom stereocenters. The predicted octanol–water partition coefficient (Wildman–Crippen LogP) is 4.59. The normalized spacial score (nSPS) is 16.0. The molecule has 4 heteroatoms. The minimum atomic E-state index is 0.0662. The molecule has 0 spiro atoms. The van der Waals surface area contributed by atoms with Crippen LogP contribution in [0.15, 0.2) is 72.8 Å². The number of methoxy groups -OCH3 is 1. The van der Waals surface area contributed by atoms with Gasteiger partial charge in [-0.2, -0.15) is 0 Å². The van der Waals surface area contributed by atoms with Crippen molar-refractivity contribution in [2.24, 2.45) is 0 Å². The van der Waals surface area contributed by atoms with Crippen molar-refractivity contribution in [1.29, 1.82) is 0 Å². The quantitative estimate of drug-likeness (QED) is 0.622. The van der Waals surface area contributed by atoms with E-state index < -0.39 is 0 Å². The molecule has 29 heavy (non-hydrogen) atoms. The molecule has 4 nitrogen and oxygen atoms in total. The van der Waals surface area contributed by atoms with Crippen molar-refractivity contribution in [3.05, 3.63) is 95.3 Å². The van der Waals surface area contributed by atoms with Gasteiger partial charge in [0.15, 0.2) is 0 Å². The van der Waals surface area contributed by atoms with E-state index in [-0.39, 0.29) is 11.9 Å². The van der Waals surface area contributed by atoms with Crippen LogP contribution in [0.5, 0.6) is 5.75 Å². The van der Waals surface area contributed by atoms with Gasteiger partial charge in [0.25, 0.3) is 0 Å². The van der Waals surface area contributed by atoms with Crippen LogP contribution in [0.1, 0.15) is 41.4 Å². The summed E-state index contributed by atoms with van der Waals surface area (Å²) >= 11 is 0. The summed E-state index contributed by atoms with van der Waals surface area (Å²) in [5, 5.41) is 0. The highest BCUT2D eigenvalue weighted by Crippen LogP contribution is 2.31. The summed E-state index contributed by atoms with van der Waals surface area (Å²) in [6, 6.07) is 24.3. The number of likely N-dealkylation sites (tertiary alicyclic amines) is 1. The van der Waals surface area contributed by atoms with Crippen molar-refractivity contribution in [3.8, 4) is 5.75 Å².